The fraction of sp³-hybridized carbons (Fsp3) is 0.148. The molecule has 0 spiro atoms. The van der Waals surface area contributed by atoms with Crippen molar-refractivity contribution in [1.29, 1.82) is 0 Å². The molecule has 1 saturated carbocycles. The SMILES string of the molecule is CC1C=C2B3c4ccc(-c5ccccc5)cc4N(c4cccc(-c5ccccc5)c4)c4cc(C5CCCCC5)cc(c43)N(c3cccc(-c4ccccc4)c3)C2=CC1c1ccccc1. The van der Waals surface area contributed by atoms with Gasteiger partial charge in [0.1, 0.15) is 0 Å². The zero-order chi connectivity index (χ0) is 42.6. The first-order valence-corrected chi connectivity index (χ1v) is 23.4. The van der Waals surface area contributed by atoms with Gasteiger partial charge in [-0.15, -0.1) is 0 Å². The second-order valence-electron chi connectivity index (χ2n) is 18.4. The number of rotatable bonds is 7. The molecule has 1 fully saturated rings. The summed E-state index contributed by atoms with van der Waals surface area (Å²) in [6.07, 6.45) is 11.6. The third-order valence-electron chi connectivity index (χ3n) is 14.5. The maximum Gasteiger partial charge on any atom is 0.251 e. The second-order valence-corrected chi connectivity index (χ2v) is 18.4. The van der Waals surface area contributed by atoms with Gasteiger partial charge < -0.3 is 9.80 Å². The van der Waals surface area contributed by atoms with E-state index in [1.54, 1.807) is 0 Å². The fourth-order valence-electron chi connectivity index (χ4n) is 11.4. The molecule has 8 aromatic carbocycles. The summed E-state index contributed by atoms with van der Waals surface area (Å²) < 4.78 is 0. The molecule has 4 aliphatic rings. The summed E-state index contributed by atoms with van der Waals surface area (Å²) in [6.45, 7) is 2.47. The highest BCUT2D eigenvalue weighted by Gasteiger charge is 2.47. The molecule has 12 rings (SSSR count). The van der Waals surface area contributed by atoms with Gasteiger partial charge in [0.25, 0.3) is 6.71 Å². The van der Waals surface area contributed by atoms with Crippen LogP contribution in [-0.4, -0.2) is 6.71 Å². The molecule has 3 heteroatoms. The van der Waals surface area contributed by atoms with Crippen LogP contribution in [0.1, 0.15) is 62.0 Å². The molecule has 308 valence electrons. The van der Waals surface area contributed by atoms with Gasteiger partial charge in [0.2, 0.25) is 0 Å². The summed E-state index contributed by atoms with van der Waals surface area (Å²) in [7, 11) is 0. The summed E-state index contributed by atoms with van der Waals surface area (Å²) in [5.41, 5.74) is 21.9. The van der Waals surface area contributed by atoms with Gasteiger partial charge in [0.15, 0.2) is 0 Å². The molecule has 2 aliphatic carbocycles. The van der Waals surface area contributed by atoms with Gasteiger partial charge in [0.05, 0.1) is 0 Å². The molecule has 0 saturated heterocycles. The Morgan fingerprint density at radius 1 is 0.422 bits per heavy atom. The molecule has 2 nitrogen and oxygen atoms in total. The molecule has 0 aromatic heterocycles. The van der Waals surface area contributed by atoms with Crippen molar-refractivity contribution in [1.82, 2.24) is 0 Å². The van der Waals surface area contributed by atoms with Gasteiger partial charge in [-0.25, -0.2) is 0 Å². The highest BCUT2D eigenvalue weighted by atomic mass is 15.2. The maximum atomic E-state index is 2.66. The van der Waals surface area contributed by atoms with Crippen molar-refractivity contribution in [2.24, 2.45) is 5.92 Å². The number of anilines is 5. The smallest absolute Gasteiger partial charge is 0.251 e. The van der Waals surface area contributed by atoms with E-state index in [1.165, 1.54) is 127 Å². The molecule has 8 aromatic rings. The van der Waals surface area contributed by atoms with Crippen LogP contribution >= 0.6 is 0 Å². The normalized spacial score (nSPS) is 17.8. The van der Waals surface area contributed by atoms with Gasteiger partial charge in [-0.3, -0.25) is 0 Å². The van der Waals surface area contributed by atoms with E-state index in [9.17, 15) is 0 Å². The minimum atomic E-state index is 0.0535. The molecular formula is C61H51BN2. The van der Waals surface area contributed by atoms with Crippen molar-refractivity contribution in [2.45, 2.75) is 50.9 Å². The lowest BCUT2D eigenvalue weighted by Crippen LogP contribution is -2.57. The maximum absolute atomic E-state index is 2.66. The Kier molecular flexibility index (Phi) is 9.78. The quantitative estimate of drug-likeness (QED) is 0.148. The summed E-state index contributed by atoms with van der Waals surface area (Å²) in [5, 5.41) is 0. The van der Waals surface area contributed by atoms with E-state index in [0.29, 0.717) is 11.8 Å². The average Bonchev–Trinajstić information content (AvgIpc) is 3.37. The van der Waals surface area contributed by atoms with Crippen LogP contribution in [0.15, 0.2) is 224 Å². The summed E-state index contributed by atoms with van der Waals surface area (Å²) >= 11 is 0. The van der Waals surface area contributed by atoms with Gasteiger partial charge in [-0.05, 0) is 128 Å². The van der Waals surface area contributed by atoms with Crippen molar-refractivity contribution in [3.8, 4) is 33.4 Å². The zero-order valence-corrected chi connectivity index (χ0v) is 36.4. The molecule has 2 atom stereocenters. The van der Waals surface area contributed by atoms with Gasteiger partial charge >= 0.3 is 0 Å². The van der Waals surface area contributed by atoms with E-state index in [2.05, 4.69) is 229 Å². The Balaban J connectivity index is 1.16. The Hall–Kier alpha value is -7.10. The van der Waals surface area contributed by atoms with Crippen LogP contribution in [-0.2, 0) is 0 Å². The van der Waals surface area contributed by atoms with Crippen LogP contribution in [0, 0.1) is 5.92 Å². The molecule has 0 radical (unpaired) electrons. The van der Waals surface area contributed by atoms with Crippen LogP contribution in [0.2, 0.25) is 0 Å². The minimum Gasteiger partial charge on any atom is -0.312 e. The fourth-order valence-corrected chi connectivity index (χ4v) is 11.4. The number of benzene rings is 8. The van der Waals surface area contributed by atoms with Crippen LogP contribution in [0.4, 0.5) is 28.4 Å². The standard InChI is InChI=1S/C61H51BN2/c1-42-35-56-58(41-54(42)47-27-15-6-16-28-47)64(53-32-18-30-49(37-53)44-21-9-3-10-22-44)60-40-51(46-25-13-5-14-26-46)39-59-61(60)62(56)55-34-33-50(45-23-11-4-12-24-45)38-57(55)63(59)52-31-17-29-48(36-52)43-19-7-2-8-20-43/h2-4,6-12,15-24,27-42,46,54H,5,13-14,25-26H2,1H3. The predicted molar refractivity (Wildman–Crippen MR) is 271 cm³/mol. The van der Waals surface area contributed by atoms with Gasteiger partial charge in [-0.1, -0.05) is 196 Å². The van der Waals surface area contributed by atoms with E-state index in [1.807, 2.05) is 0 Å². The largest absolute Gasteiger partial charge is 0.312 e. The third kappa shape index (κ3) is 6.74. The van der Waals surface area contributed by atoms with Crippen LogP contribution in [0.3, 0.4) is 0 Å². The molecule has 2 heterocycles. The topological polar surface area (TPSA) is 6.48 Å². The lowest BCUT2D eigenvalue weighted by atomic mass is 9.31. The zero-order valence-electron chi connectivity index (χ0n) is 36.4. The van der Waals surface area contributed by atoms with Crippen LogP contribution in [0.5, 0.6) is 0 Å². The monoisotopic (exact) mass is 822 g/mol. The average molecular weight is 823 g/mol. The molecule has 64 heavy (non-hydrogen) atoms. The van der Waals surface area contributed by atoms with Crippen molar-refractivity contribution in [3.05, 3.63) is 235 Å². The Morgan fingerprint density at radius 3 is 1.53 bits per heavy atom. The highest BCUT2D eigenvalue weighted by Crippen LogP contribution is 2.51. The summed E-state index contributed by atoms with van der Waals surface area (Å²) in [4.78, 5) is 5.28. The van der Waals surface area contributed by atoms with E-state index in [0.717, 1.165) is 0 Å². The summed E-state index contributed by atoms with van der Waals surface area (Å²) in [5.74, 6) is 1.05. The van der Waals surface area contributed by atoms with Crippen LogP contribution < -0.4 is 20.7 Å². The van der Waals surface area contributed by atoms with Crippen molar-refractivity contribution >= 4 is 46.1 Å². The lowest BCUT2D eigenvalue weighted by Gasteiger charge is -2.48. The second kappa shape index (κ2) is 16.2. The Labute approximate surface area is 379 Å². The van der Waals surface area contributed by atoms with Crippen molar-refractivity contribution < 1.29 is 0 Å². The summed E-state index contributed by atoms with van der Waals surface area (Å²) in [6, 6.07) is 74.9. The predicted octanol–water partition coefficient (Wildman–Crippen LogP) is 15.1. The number of nitrogens with zero attached hydrogens (tertiary/aromatic N) is 2. The first-order valence-electron chi connectivity index (χ1n) is 23.4. The molecule has 2 aliphatic heterocycles. The Morgan fingerprint density at radius 2 is 0.938 bits per heavy atom. The lowest BCUT2D eigenvalue weighted by molar-refractivity contribution is 0.444. The van der Waals surface area contributed by atoms with E-state index < -0.39 is 0 Å². The van der Waals surface area contributed by atoms with E-state index in [4.69, 9.17) is 0 Å². The molecule has 0 amide bonds. The van der Waals surface area contributed by atoms with Crippen LogP contribution in [0.25, 0.3) is 33.4 Å². The number of hydrogen-bond acceptors (Lipinski definition) is 2. The first kappa shape index (κ1) is 38.6. The minimum absolute atomic E-state index is 0.0535. The number of allylic oxidation sites excluding steroid dienone is 3. The molecule has 0 N–H and O–H groups in total. The van der Waals surface area contributed by atoms with Crippen molar-refractivity contribution in [3.63, 3.8) is 0 Å². The molecule has 0 bridgehead atoms. The van der Waals surface area contributed by atoms with Crippen molar-refractivity contribution in [2.75, 3.05) is 9.80 Å². The molecule has 2 unspecified atom stereocenters. The van der Waals surface area contributed by atoms with E-state index in [-0.39, 0.29) is 12.6 Å². The number of fused-ring (bicyclic) bond motifs is 4. The Bertz CT molecular complexity index is 3060. The molecular weight excluding hydrogens is 771 g/mol. The third-order valence-corrected chi connectivity index (χ3v) is 14.5. The van der Waals surface area contributed by atoms with Gasteiger partial charge in [-0.2, -0.15) is 0 Å². The first-order chi connectivity index (χ1) is 31.7. The number of hydrogen-bond donors (Lipinski definition) is 0. The van der Waals surface area contributed by atoms with Gasteiger partial charge in [0, 0.05) is 40.1 Å². The highest BCUT2D eigenvalue weighted by molar-refractivity contribution is 6.96. The van der Waals surface area contributed by atoms with E-state index >= 15 is 0 Å².